The van der Waals surface area contributed by atoms with Gasteiger partial charge < -0.3 is 4.74 Å². The predicted octanol–water partition coefficient (Wildman–Crippen LogP) is 3.38. The first-order valence-corrected chi connectivity index (χ1v) is 4.32. The Hall–Kier alpha value is -1.44. The molecule has 1 rings (SSSR count). The number of aromatic nitrogens is 1. The molecule has 0 aromatic carbocycles. The first-order chi connectivity index (χ1) is 7.74. The number of carbonyl (C=O) groups is 1. The first kappa shape index (κ1) is 13.6. The summed E-state index contributed by atoms with van der Waals surface area (Å²) in [7, 11) is 0. The lowest BCUT2D eigenvalue weighted by Gasteiger charge is -2.11. The van der Waals surface area contributed by atoms with Crippen LogP contribution in [0.25, 0.3) is 0 Å². The molecular formula is C8H3ClF5NO2. The van der Waals surface area contributed by atoms with Crippen LogP contribution < -0.4 is 4.74 Å². The summed E-state index contributed by atoms with van der Waals surface area (Å²) in [6.45, 7) is 0. The van der Waals surface area contributed by atoms with Crippen molar-refractivity contribution in [3.05, 3.63) is 22.3 Å². The van der Waals surface area contributed by atoms with Crippen LogP contribution in [0.5, 0.6) is 5.88 Å². The lowest BCUT2D eigenvalue weighted by atomic mass is 10.2. The third kappa shape index (κ3) is 3.52. The van der Waals surface area contributed by atoms with Crippen molar-refractivity contribution in [2.45, 2.75) is 12.8 Å². The van der Waals surface area contributed by atoms with Crippen LogP contribution in [0, 0.1) is 0 Å². The van der Waals surface area contributed by atoms with Crippen molar-refractivity contribution in [1.29, 1.82) is 0 Å². The molecule has 1 aromatic rings. The average molecular weight is 276 g/mol. The van der Waals surface area contributed by atoms with E-state index in [4.69, 9.17) is 11.6 Å². The summed E-state index contributed by atoms with van der Waals surface area (Å²) in [6.07, 6.45) is -8.35. The highest BCUT2D eigenvalue weighted by Gasteiger charge is 2.33. The highest BCUT2D eigenvalue weighted by molar-refractivity contribution is 6.33. The summed E-state index contributed by atoms with van der Waals surface area (Å²) in [4.78, 5) is 13.3. The summed E-state index contributed by atoms with van der Waals surface area (Å²) in [5.74, 6) is -1.15. The molecule has 0 atom stereocenters. The number of nitrogens with zero attached hydrogens (tertiary/aromatic N) is 1. The minimum atomic E-state index is -5.08. The number of ether oxygens (including phenoxy) is 1. The van der Waals surface area contributed by atoms with E-state index in [-0.39, 0.29) is 6.29 Å². The summed E-state index contributed by atoms with van der Waals surface area (Å²) < 4.78 is 63.6. The van der Waals surface area contributed by atoms with Crippen molar-refractivity contribution in [3.8, 4) is 5.88 Å². The maximum Gasteiger partial charge on any atom is 0.574 e. The highest BCUT2D eigenvalue weighted by atomic mass is 35.5. The summed E-state index contributed by atoms with van der Waals surface area (Å²) >= 11 is 5.36. The van der Waals surface area contributed by atoms with Crippen LogP contribution in [-0.4, -0.2) is 17.6 Å². The molecule has 1 heterocycles. The van der Waals surface area contributed by atoms with Gasteiger partial charge in [-0.05, 0) is 0 Å². The Balaban J connectivity index is 3.24. The van der Waals surface area contributed by atoms with E-state index in [0.29, 0.717) is 6.07 Å². The van der Waals surface area contributed by atoms with Gasteiger partial charge in [0.15, 0.2) is 6.29 Å². The fourth-order valence-electron chi connectivity index (χ4n) is 0.974. The number of halogens is 6. The molecule has 0 saturated heterocycles. The van der Waals surface area contributed by atoms with Gasteiger partial charge in [-0.3, -0.25) is 4.79 Å². The molecule has 1 aromatic heterocycles. The van der Waals surface area contributed by atoms with Gasteiger partial charge in [-0.1, -0.05) is 11.6 Å². The van der Waals surface area contributed by atoms with Gasteiger partial charge in [0, 0.05) is 6.07 Å². The van der Waals surface area contributed by atoms with Crippen LogP contribution >= 0.6 is 11.6 Å². The molecule has 0 spiro atoms. The highest BCUT2D eigenvalue weighted by Crippen LogP contribution is 2.31. The number of alkyl halides is 5. The van der Waals surface area contributed by atoms with E-state index < -0.39 is 34.9 Å². The van der Waals surface area contributed by atoms with E-state index >= 15 is 0 Å². The van der Waals surface area contributed by atoms with Crippen LogP contribution in [0.2, 0.25) is 5.02 Å². The number of hydrogen-bond donors (Lipinski definition) is 0. The lowest BCUT2D eigenvalue weighted by molar-refractivity contribution is -0.276. The second-order valence-electron chi connectivity index (χ2n) is 2.71. The van der Waals surface area contributed by atoms with Gasteiger partial charge >= 0.3 is 6.36 Å². The molecule has 0 N–H and O–H groups in total. The Labute approximate surface area is 96.2 Å². The Morgan fingerprint density at radius 1 is 1.41 bits per heavy atom. The quantitative estimate of drug-likeness (QED) is 0.627. The predicted molar refractivity (Wildman–Crippen MR) is 46.3 cm³/mol. The summed E-state index contributed by atoms with van der Waals surface area (Å²) in [5, 5.41) is -0.593. The molecule has 0 amide bonds. The molecule has 0 fully saturated rings. The molecule has 0 radical (unpaired) electrons. The van der Waals surface area contributed by atoms with Crippen molar-refractivity contribution in [1.82, 2.24) is 4.98 Å². The van der Waals surface area contributed by atoms with Crippen LogP contribution in [-0.2, 0) is 0 Å². The van der Waals surface area contributed by atoms with Gasteiger partial charge in [0.2, 0.25) is 5.88 Å². The molecule has 9 heteroatoms. The third-order valence-electron chi connectivity index (χ3n) is 1.56. The topological polar surface area (TPSA) is 39.2 Å². The summed E-state index contributed by atoms with van der Waals surface area (Å²) in [6, 6.07) is 0.532. The van der Waals surface area contributed by atoms with E-state index in [2.05, 4.69) is 9.72 Å². The number of carbonyl (C=O) groups excluding carboxylic acids is 1. The molecule has 0 unspecified atom stereocenters. The van der Waals surface area contributed by atoms with Crippen LogP contribution in [0.1, 0.15) is 22.5 Å². The van der Waals surface area contributed by atoms with E-state index in [1.54, 1.807) is 0 Å². The first-order valence-electron chi connectivity index (χ1n) is 3.94. The number of rotatable bonds is 3. The molecule has 0 bridgehead atoms. The van der Waals surface area contributed by atoms with Crippen LogP contribution in [0.15, 0.2) is 6.07 Å². The van der Waals surface area contributed by atoms with Gasteiger partial charge in [-0.25, -0.2) is 13.8 Å². The maximum atomic E-state index is 12.4. The minimum absolute atomic E-state index is 0.0196. The van der Waals surface area contributed by atoms with Crippen molar-refractivity contribution in [2.75, 3.05) is 0 Å². The van der Waals surface area contributed by atoms with Gasteiger partial charge in [-0.15, -0.1) is 13.2 Å². The Morgan fingerprint density at radius 3 is 2.41 bits per heavy atom. The lowest BCUT2D eigenvalue weighted by Crippen LogP contribution is -2.18. The van der Waals surface area contributed by atoms with Gasteiger partial charge in [0.25, 0.3) is 6.43 Å². The fourth-order valence-corrected chi connectivity index (χ4v) is 1.21. The SMILES string of the molecule is O=Cc1c(Cl)cc(OC(F)(F)F)nc1C(F)F. The zero-order valence-corrected chi connectivity index (χ0v) is 8.52. The number of hydrogen-bond acceptors (Lipinski definition) is 3. The smallest absolute Gasteiger partial charge is 0.388 e. The second-order valence-corrected chi connectivity index (χ2v) is 3.11. The van der Waals surface area contributed by atoms with Gasteiger partial charge in [-0.2, -0.15) is 0 Å². The maximum absolute atomic E-state index is 12.4. The van der Waals surface area contributed by atoms with Crippen molar-refractivity contribution in [3.63, 3.8) is 0 Å². The average Bonchev–Trinajstić information content (AvgIpc) is 2.13. The van der Waals surface area contributed by atoms with E-state index in [9.17, 15) is 26.7 Å². The van der Waals surface area contributed by atoms with Gasteiger partial charge in [0.05, 0.1) is 10.6 Å². The number of pyridine rings is 1. The Bertz CT molecular complexity index is 435. The molecule has 0 aliphatic carbocycles. The minimum Gasteiger partial charge on any atom is -0.388 e. The molecule has 0 saturated carbocycles. The molecule has 0 aliphatic rings. The van der Waals surface area contributed by atoms with Crippen LogP contribution in [0.4, 0.5) is 22.0 Å². The second kappa shape index (κ2) is 4.82. The van der Waals surface area contributed by atoms with E-state index in [0.717, 1.165) is 0 Å². The largest absolute Gasteiger partial charge is 0.574 e. The Morgan fingerprint density at radius 2 is 2.00 bits per heavy atom. The molecule has 17 heavy (non-hydrogen) atoms. The van der Waals surface area contributed by atoms with Crippen molar-refractivity contribution < 1.29 is 31.5 Å². The third-order valence-corrected chi connectivity index (χ3v) is 1.87. The Kier molecular flexibility index (Phi) is 3.87. The van der Waals surface area contributed by atoms with Gasteiger partial charge in [0.1, 0.15) is 5.69 Å². The monoisotopic (exact) mass is 275 g/mol. The molecule has 3 nitrogen and oxygen atoms in total. The normalized spacial score (nSPS) is 11.7. The molecule has 0 aliphatic heterocycles. The van der Waals surface area contributed by atoms with Crippen molar-refractivity contribution >= 4 is 17.9 Å². The van der Waals surface area contributed by atoms with Crippen molar-refractivity contribution in [2.24, 2.45) is 0 Å². The fraction of sp³-hybridized carbons (Fsp3) is 0.250. The molecule has 94 valence electrons. The zero-order chi connectivity index (χ0) is 13.2. The van der Waals surface area contributed by atoms with E-state index in [1.807, 2.05) is 0 Å². The standard InChI is InChI=1S/C8H3ClF5NO2/c9-4-1-5(17-8(12,13)14)15-6(7(10)11)3(4)2-16/h1-2,7H. The van der Waals surface area contributed by atoms with Crippen LogP contribution in [0.3, 0.4) is 0 Å². The summed E-state index contributed by atoms with van der Waals surface area (Å²) in [5.41, 5.74) is -1.83. The molecular weight excluding hydrogens is 273 g/mol. The zero-order valence-electron chi connectivity index (χ0n) is 7.76. The number of aldehydes is 1. The van der Waals surface area contributed by atoms with E-state index in [1.165, 1.54) is 0 Å².